The van der Waals surface area contributed by atoms with Crippen molar-refractivity contribution in [2.24, 2.45) is 5.92 Å². The van der Waals surface area contributed by atoms with Crippen molar-refractivity contribution < 1.29 is 13.2 Å². The van der Waals surface area contributed by atoms with Crippen LogP contribution in [0, 0.1) is 5.92 Å². The molecule has 6 heteroatoms. The number of rotatable bonds is 4. The van der Waals surface area contributed by atoms with Gasteiger partial charge in [0.05, 0.1) is 23.2 Å². The molecule has 122 valence electrons. The van der Waals surface area contributed by atoms with Gasteiger partial charge in [-0.25, -0.2) is 8.42 Å². The highest BCUT2D eigenvalue weighted by Gasteiger charge is 2.50. The topological polar surface area (TPSA) is 66.5 Å². The van der Waals surface area contributed by atoms with Gasteiger partial charge in [0.15, 0.2) is 9.84 Å². The summed E-state index contributed by atoms with van der Waals surface area (Å²) in [6.07, 6.45) is 2.99. The lowest BCUT2D eigenvalue weighted by Gasteiger charge is -2.35. The Morgan fingerprint density at radius 3 is 2.62 bits per heavy atom. The molecule has 2 aliphatic rings. The molecule has 2 fully saturated rings. The van der Waals surface area contributed by atoms with E-state index in [0.29, 0.717) is 12.3 Å². The van der Waals surface area contributed by atoms with Gasteiger partial charge in [-0.3, -0.25) is 10.1 Å². The summed E-state index contributed by atoms with van der Waals surface area (Å²) in [7, 11) is -3.01. The van der Waals surface area contributed by atoms with Crippen molar-refractivity contribution in [2.45, 2.75) is 71.1 Å². The van der Waals surface area contributed by atoms with Crippen LogP contribution in [0.15, 0.2) is 0 Å². The number of carbonyl (C=O) groups is 1. The summed E-state index contributed by atoms with van der Waals surface area (Å²) >= 11 is 0. The molecule has 2 saturated heterocycles. The molecular formula is C15H28N2O3S. The Kier molecular flexibility index (Phi) is 4.69. The molecule has 0 saturated carbocycles. The van der Waals surface area contributed by atoms with Crippen LogP contribution in [0.1, 0.15) is 53.4 Å². The number of nitrogens with zero attached hydrogens (tertiary/aromatic N) is 1. The fraction of sp³-hybridized carbons (Fsp3) is 0.933. The van der Waals surface area contributed by atoms with Gasteiger partial charge in [-0.15, -0.1) is 0 Å². The standard InChI is InChI=1S/C15H28N2O3S/c1-5-15(4)14(18)17(13(16-15)9-11(2)3)12-7-6-8-21(19,20)10-12/h11-13,16H,5-10H2,1-4H3. The molecule has 21 heavy (non-hydrogen) atoms. The predicted octanol–water partition coefficient (Wildman–Crippen LogP) is 1.54. The molecule has 1 amide bonds. The minimum absolute atomic E-state index is 0.0410. The van der Waals surface area contributed by atoms with E-state index in [0.717, 1.165) is 19.3 Å². The van der Waals surface area contributed by atoms with Crippen LogP contribution in [0.2, 0.25) is 0 Å². The fourth-order valence-electron chi connectivity index (χ4n) is 3.44. The largest absolute Gasteiger partial charge is 0.322 e. The van der Waals surface area contributed by atoms with E-state index in [4.69, 9.17) is 0 Å². The second-order valence-electron chi connectivity index (χ2n) is 7.10. The number of hydrogen-bond acceptors (Lipinski definition) is 4. The van der Waals surface area contributed by atoms with Crippen molar-refractivity contribution in [1.29, 1.82) is 0 Å². The minimum atomic E-state index is -3.01. The highest BCUT2D eigenvalue weighted by Crippen LogP contribution is 2.31. The maximum Gasteiger partial charge on any atom is 0.244 e. The summed E-state index contributed by atoms with van der Waals surface area (Å²) in [6, 6.07) is -0.166. The lowest BCUT2D eigenvalue weighted by molar-refractivity contribution is -0.135. The first kappa shape index (κ1) is 16.7. The zero-order valence-electron chi connectivity index (χ0n) is 13.6. The van der Waals surface area contributed by atoms with Crippen molar-refractivity contribution in [3.63, 3.8) is 0 Å². The normalized spacial score (nSPS) is 36.4. The minimum Gasteiger partial charge on any atom is -0.322 e. The zero-order valence-corrected chi connectivity index (χ0v) is 14.4. The fourth-order valence-corrected chi connectivity index (χ4v) is 5.12. The molecule has 1 N–H and O–H groups in total. The third-order valence-electron chi connectivity index (χ3n) is 4.76. The Morgan fingerprint density at radius 2 is 2.10 bits per heavy atom. The van der Waals surface area contributed by atoms with E-state index >= 15 is 0 Å². The summed E-state index contributed by atoms with van der Waals surface area (Å²) in [5.41, 5.74) is -0.555. The van der Waals surface area contributed by atoms with Gasteiger partial charge in [-0.1, -0.05) is 20.8 Å². The average Bonchev–Trinajstić information content (AvgIpc) is 2.60. The Balaban J connectivity index is 2.26. The number of amides is 1. The average molecular weight is 316 g/mol. The number of carbonyl (C=O) groups excluding carboxylic acids is 1. The van der Waals surface area contributed by atoms with Crippen LogP contribution in [0.4, 0.5) is 0 Å². The second-order valence-corrected chi connectivity index (χ2v) is 9.33. The molecule has 0 aromatic heterocycles. The van der Waals surface area contributed by atoms with Crippen molar-refractivity contribution in [1.82, 2.24) is 10.2 Å². The molecular weight excluding hydrogens is 288 g/mol. The molecule has 0 radical (unpaired) electrons. The number of nitrogens with one attached hydrogen (secondary N) is 1. The van der Waals surface area contributed by atoms with E-state index in [1.807, 2.05) is 18.7 Å². The summed E-state index contributed by atoms with van der Waals surface area (Å²) in [5, 5.41) is 3.45. The van der Waals surface area contributed by atoms with E-state index < -0.39 is 15.4 Å². The highest BCUT2D eigenvalue weighted by atomic mass is 32.2. The monoisotopic (exact) mass is 316 g/mol. The lowest BCUT2D eigenvalue weighted by Crippen LogP contribution is -2.50. The summed E-state index contributed by atoms with van der Waals surface area (Å²) in [5.74, 6) is 0.906. The van der Waals surface area contributed by atoms with Gasteiger partial charge < -0.3 is 4.90 Å². The SMILES string of the molecule is CCC1(C)NC(CC(C)C)N(C2CCCS(=O)(=O)C2)C1=O. The lowest BCUT2D eigenvalue weighted by atomic mass is 9.98. The van der Waals surface area contributed by atoms with Crippen LogP contribution in [0.3, 0.4) is 0 Å². The molecule has 5 nitrogen and oxygen atoms in total. The smallest absolute Gasteiger partial charge is 0.244 e. The molecule has 2 aliphatic heterocycles. The molecule has 2 heterocycles. The van der Waals surface area contributed by atoms with Crippen molar-refractivity contribution in [3.05, 3.63) is 0 Å². The van der Waals surface area contributed by atoms with Gasteiger partial charge in [0.2, 0.25) is 5.91 Å². The van der Waals surface area contributed by atoms with E-state index in [1.165, 1.54) is 0 Å². The maximum atomic E-state index is 12.8. The highest BCUT2D eigenvalue weighted by molar-refractivity contribution is 7.91. The van der Waals surface area contributed by atoms with Crippen LogP contribution < -0.4 is 5.32 Å². The van der Waals surface area contributed by atoms with Crippen LogP contribution >= 0.6 is 0 Å². The Labute approximate surface area is 128 Å². The van der Waals surface area contributed by atoms with Crippen LogP contribution in [0.25, 0.3) is 0 Å². The second kappa shape index (κ2) is 5.88. The van der Waals surface area contributed by atoms with Crippen LogP contribution in [0.5, 0.6) is 0 Å². The van der Waals surface area contributed by atoms with Crippen LogP contribution in [-0.4, -0.2) is 48.5 Å². The molecule has 3 unspecified atom stereocenters. The molecule has 0 aromatic carbocycles. The van der Waals surface area contributed by atoms with Gasteiger partial charge in [-0.05, 0) is 38.5 Å². The first-order chi connectivity index (χ1) is 9.68. The van der Waals surface area contributed by atoms with E-state index in [-0.39, 0.29) is 29.6 Å². The molecule has 2 rings (SSSR count). The Hall–Kier alpha value is -0.620. The molecule has 0 bridgehead atoms. The summed E-state index contributed by atoms with van der Waals surface area (Å²) in [4.78, 5) is 14.7. The third-order valence-corrected chi connectivity index (χ3v) is 6.56. The maximum absolute atomic E-state index is 12.8. The Morgan fingerprint density at radius 1 is 1.43 bits per heavy atom. The van der Waals surface area contributed by atoms with E-state index in [1.54, 1.807) is 0 Å². The zero-order chi connectivity index (χ0) is 15.8. The van der Waals surface area contributed by atoms with Crippen molar-refractivity contribution in [3.8, 4) is 0 Å². The van der Waals surface area contributed by atoms with Crippen LogP contribution in [-0.2, 0) is 14.6 Å². The van der Waals surface area contributed by atoms with Gasteiger partial charge in [0.1, 0.15) is 0 Å². The van der Waals surface area contributed by atoms with Gasteiger partial charge in [-0.2, -0.15) is 0 Å². The van der Waals surface area contributed by atoms with E-state index in [9.17, 15) is 13.2 Å². The summed E-state index contributed by atoms with van der Waals surface area (Å²) in [6.45, 7) is 8.19. The molecule has 3 atom stereocenters. The molecule has 0 aliphatic carbocycles. The molecule has 0 aromatic rings. The van der Waals surface area contributed by atoms with Crippen molar-refractivity contribution in [2.75, 3.05) is 11.5 Å². The predicted molar refractivity (Wildman–Crippen MR) is 83.6 cm³/mol. The van der Waals surface area contributed by atoms with Gasteiger partial charge >= 0.3 is 0 Å². The first-order valence-corrected chi connectivity index (χ1v) is 9.81. The summed E-state index contributed by atoms with van der Waals surface area (Å²) < 4.78 is 23.9. The number of sulfone groups is 1. The van der Waals surface area contributed by atoms with Gasteiger partial charge in [0.25, 0.3) is 0 Å². The first-order valence-electron chi connectivity index (χ1n) is 7.99. The Bertz CT molecular complexity index is 503. The quantitative estimate of drug-likeness (QED) is 0.854. The van der Waals surface area contributed by atoms with Crippen molar-refractivity contribution >= 4 is 15.7 Å². The number of hydrogen-bond donors (Lipinski definition) is 1. The van der Waals surface area contributed by atoms with E-state index in [2.05, 4.69) is 19.2 Å². The molecule has 0 spiro atoms. The van der Waals surface area contributed by atoms with Gasteiger partial charge in [0, 0.05) is 6.04 Å². The third kappa shape index (κ3) is 3.42.